The van der Waals surface area contributed by atoms with E-state index in [1.807, 2.05) is 6.07 Å². The first kappa shape index (κ1) is 11.0. The van der Waals surface area contributed by atoms with Gasteiger partial charge in [-0.15, -0.1) is 0 Å². The summed E-state index contributed by atoms with van der Waals surface area (Å²) in [4.78, 5) is 0. The van der Waals surface area contributed by atoms with Crippen LogP contribution in [0.4, 0.5) is 4.39 Å². The van der Waals surface area contributed by atoms with Crippen LogP contribution < -0.4 is 10.5 Å². The molecule has 1 aromatic carbocycles. The van der Waals surface area contributed by atoms with Gasteiger partial charge >= 0.3 is 0 Å². The Morgan fingerprint density at radius 3 is 2.65 bits per heavy atom. The first-order valence-electron chi connectivity index (χ1n) is 6.39. The zero-order valence-corrected chi connectivity index (χ0v) is 9.92. The van der Waals surface area contributed by atoms with Crippen LogP contribution in [-0.4, -0.2) is 6.61 Å². The van der Waals surface area contributed by atoms with E-state index in [0.717, 1.165) is 24.8 Å². The van der Waals surface area contributed by atoms with Crippen molar-refractivity contribution >= 4 is 0 Å². The standard InChI is InChI=1S/C14H18FNO/c15-12-8-11(14(16)6-1-7-14)4-5-13(12)17-9-10-2-3-10/h4-5,8,10H,1-3,6-7,9,16H2. The van der Waals surface area contributed by atoms with Crippen LogP contribution in [0.3, 0.4) is 0 Å². The predicted molar refractivity (Wildman–Crippen MR) is 64.3 cm³/mol. The molecule has 2 saturated carbocycles. The molecule has 3 heteroatoms. The molecule has 92 valence electrons. The third-order valence-electron chi connectivity index (χ3n) is 3.92. The molecular weight excluding hydrogens is 217 g/mol. The summed E-state index contributed by atoms with van der Waals surface area (Å²) in [6, 6.07) is 5.17. The molecule has 0 amide bonds. The average molecular weight is 235 g/mol. The molecule has 2 aliphatic rings. The third kappa shape index (κ3) is 2.16. The monoisotopic (exact) mass is 235 g/mol. The fourth-order valence-corrected chi connectivity index (χ4v) is 2.27. The second-order valence-electron chi connectivity index (χ2n) is 5.41. The maximum Gasteiger partial charge on any atom is 0.165 e. The average Bonchev–Trinajstić information content (AvgIpc) is 3.08. The summed E-state index contributed by atoms with van der Waals surface area (Å²) in [5, 5.41) is 0. The Morgan fingerprint density at radius 1 is 1.35 bits per heavy atom. The summed E-state index contributed by atoms with van der Waals surface area (Å²) in [5.41, 5.74) is 6.77. The van der Waals surface area contributed by atoms with E-state index in [0.29, 0.717) is 18.3 Å². The van der Waals surface area contributed by atoms with E-state index in [9.17, 15) is 4.39 Å². The molecule has 17 heavy (non-hydrogen) atoms. The van der Waals surface area contributed by atoms with Gasteiger partial charge in [-0.05, 0) is 55.7 Å². The van der Waals surface area contributed by atoms with Gasteiger partial charge in [0.25, 0.3) is 0 Å². The van der Waals surface area contributed by atoms with Gasteiger partial charge in [-0.25, -0.2) is 4.39 Å². The highest BCUT2D eigenvalue weighted by Crippen LogP contribution is 2.39. The Morgan fingerprint density at radius 2 is 2.12 bits per heavy atom. The van der Waals surface area contributed by atoms with Gasteiger partial charge in [0.15, 0.2) is 11.6 Å². The van der Waals surface area contributed by atoms with Crippen LogP contribution in [0.2, 0.25) is 0 Å². The van der Waals surface area contributed by atoms with Crippen LogP contribution in [0.1, 0.15) is 37.7 Å². The molecule has 0 heterocycles. The molecule has 3 rings (SSSR count). The van der Waals surface area contributed by atoms with Crippen LogP contribution in [0, 0.1) is 11.7 Å². The number of rotatable bonds is 4. The molecule has 0 aliphatic heterocycles. The van der Waals surface area contributed by atoms with Gasteiger partial charge in [-0.1, -0.05) is 6.07 Å². The minimum Gasteiger partial charge on any atom is -0.490 e. The van der Waals surface area contributed by atoms with E-state index in [1.54, 1.807) is 12.1 Å². The number of benzene rings is 1. The van der Waals surface area contributed by atoms with Gasteiger partial charge in [-0.2, -0.15) is 0 Å². The second-order valence-corrected chi connectivity index (χ2v) is 5.41. The Bertz CT molecular complexity index is 424. The second kappa shape index (κ2) is 3.98. The third-order valence-corrected chi connectivity index (χ3v) is 3.92. The molecule has 1 aromatic rings. The zero-order chi connectivity index (χ0) is 11.9. The lowest BCUT2D eigenvalue weighted by Gasteiger charge is -2.38. The topological polar surface area (TPSA) is 35.2 Å². The van der Waals surface area contributed by atoms with Crippen LogP contribution in [0.25, 0.3) is 0 Å². The Labute approximate surface area is 101 Å². The van der Waals surface area contributed by atoms with Crippen molar-refractivity contribution in [2.24, 2.45) is 11.7 Å². The fraction of sp³-hybridized carbons (Fsp3) is 0.571. The number of ether oxygens (including phenoxy) is 1. The first-order valence-corrected chi connectivity index (χ1v) is 6.39. The molecule has 0 unspecified atom stereocenters. The minimum absolute atomic E-state index is 0.278. The summed E-state index contributed by atoms with van der Waals surface area (Å²) in [7, 11) is 0. The van der Waals surface area contributed by atoms with Gasteiger partial charge in [0.2, 0.25) is 0 Å². The molecule has 2 aliphatic carbocycles. The summed E-state index contributed by atoms with van der Waals surface area (Å²) < 4.78 is 19.3. The lowest BCUT2D eigenvalue weighted by Crippen LogP contribution is -2.43. The summed E-state index contributed by atoms with van der Waals surface area (Å²) in [5.74, 6) is 0.727. The SMILES string of the molecule is NC1(c2ccc(OCC3CC3)c(F)c2)CCC1. The van der Waals surface area contributed by atoms with Crippen molar-refractivity contribution in [3.63, 3.8) is 0 Å². The van der Waals surface area contributed by atoms with Crippen LogP contribution in [0.15, 0.2) is 18.2 Å². The van der Waals surface area contributed by atoms with Crippen LogP contribution in [0.5, 0.6) is 5.75 Å². The summed E-state index contributed by atoms with van der Waals surface area (Å²) in [6.07, 6.45) is 5.47. The van der Waals surface area contributed by atoms with Crippen molar-refractivity contribution in [1.82, 2.24) is 0 Å². The van der Waals surface area contributed by atoms with Crippen molar-refractivity contribution in [3.05, 3.63) is 29.6 Å². The van der Waals surface area contributed by atoms with E-state index in [4.69, 9.17) is 10.5 Å². The fourth-order valence-electron chi connectivity index (χ4n) is 2.27. The highest BCUT2D eigenvalue weighted by Gasteiger charge is 2.34. The normalized spacial score (nSPS) is 22.0. The number of nitrogens with two attached hydrogens (primary N) is 1. The van der Waals surface area contributed by atoms with Gasteiger partial charge in [0.05, 0.1) is 6.61 Å². The smallest absolute Gasteiger partial charge is 0.165 e. The quantitative estimate of drug-likeness (QED) is 0.870. The van der Waals surface area contributed by atoms with Crippen molar-refractivity contribution in [2.45, 2.75) is 37.6 Å². The summed E-state index contributed by atoms with van der Waals surface area (Å²) in [6.45, 7) is 0.643. The van der Waals surface area contributed by atoms with Crippen LogP contribution >= 0.6 is 0 Å². The van der Waals surface area contributed by atoms with Gasteiger partial charge in [0, 0.05) is 5.54 Å². The maximum absolute atomic E-state index is 13.8. The van der Waals surface area contributed by atoms with Crippen molar-refractivity contribution in [2.75, 3.05) is 6.61 Å². The lowest BCUT2D eigenvalue weighted by atomic mass is 9.73. The predicted octanol–water partition coefficient (Wildman–Crippen LogP) is 2.95. The molecule has 0 aromatic heterocycles. The molecular formula is C14H18FNO. The molecule has 0 spiro atoms. The van der Waals surface area contributed by atoms with Crippen molar-refractivity contribution in [3.8, 4) is 5.75 Å². The Balaban J connectivity index is 1.73. The molecule has 2 N–H and O–H groups in total. The number of hydrogen-bond donors (Lipinski definition) is 1. The van der Waals surface area contributed by atoms with E-state index in [-0.39, 0.29) is 11.4 Å². The molecule has 2 nitrogen and oxygen atoms in total. The van der Waals surface area contributed by atoms with Gasteiger partial charge in [-0.3, -0.25) is 0 Å². The van der Waals surface area contributed by atoms with E-state index in [2.05, 4.69) is 0 Å². The number of halogens is 1. The first-order chi connectivity index (χ1) is 8.17. The highest BCUT2D eigenvalue weighted by molar-refractivity contribution is 5.34. The molecule has 0 saturated heterocycles. The summed E-state index contributed by atoms with van der Waals surface area (Å²) >= 11 is 0. The van der Waals surface area contributed by atoms with Gasteiger partial charge in [0.1, 0.15) is 0 Å². The lowest BCUT2D eigenvalue weighted by molar-refractivity contribution is 0.250. The van der Waals surface area contributed by atoms with Gasteiger partial charge < -0.3 is 10.5 Å². The Kier molecular flexibility index (Phi) is 2.58. The van der Waals surface area contributed by atoms with Crippen molar-refractivity contribution < 1.29 is 9.13 Å². The largest absolute Gasteiger partial charge is 0.490 e. The highest BCUT2D eigenvalue weighted by atomic mass is 19.1. The van der Waals surface area contributed by atoms with Crippen molar-refractivity contribution in [1.29, 1.82) is 0 Å². The Hall–Kier alpha value is -1.09. The van der Waals surface area contributed by atoms with E-state index >= 15 is 0 Å². The van der Waals surface area contributed by atoms with E-state index in [1.165, 1.54) is 12.8 Å². The minimum atomic E-state index is -0.296. The molecule has 0 bridgehead atoms. The molecule has 0 atom stereocenters. The van der Waals surface area contributed by atoms with E-state index < -0.39 is 0 Å². The number of hydrogen-bond acceptors (Lipinski definition) is 2. The molecule has 2 fully saturated rings. The zero-order valence-electron chi connectivity index (χ0n) is 9.92. The maximum atomic E-state index is 13.8. The molecule has 0 radical (unpaired) electrons. The van der Waals surface area contributed by atoms with Crippen LogP contribution in [-0.2, 0) is 5.54 Å².